The Kier molecular flexibility index (Phi) is 4.47. The van der Waals surface area contributed by atoms with Gasteiger partial charge in [0.05, 0.1) is 26.9 Å². The molecule has 0 aliphatic heterocycles. The van der Waals surface area contributed by atoms with E-state index in [-0.39, 0.29) is 22.8 Å². The van der Waals surface area contributed by atoms with Crippen molar-refractivity contribution in [3.8, 4) is 17.2 Å². The van der Waals surface area contributed by atoms with Crippen LogP contribution < -0.4 is 14.2 Å². The van der Waals surface area contributed by atoms with Crippen molar-refractivity contribution >= 4 is 5.78 Å². The van der Waals surface area contributed by atoms with E-state index < -0.39 is 17.8 Å². The van der Waals surface area contributed by atoms with E-state index in [1.165, 1.54) is 34.3 Å². The summed E-state index contributed by atoms with van der Waals surface area (Å²) < 4.78 is 41.0. The lowest BCUT2D eigenvalue weighted by Crippen LogP contribution is -2.06. The maximum absolute atomic E-state index is 13.1. The first-order valence-electron chi connectivity index (χ1n) is 5.09. The molecule has 6 heteroatoms. The van der Waals surface area contributed by atoms with Crippen molar-refractivity contribution < 1.29 is 27.8 Å². The number of alkyl halides is 2. The summed E-state index contributed by atoms with van der Waals surface area (Å²) in [5.74, 6) is -0.467. The van der Waals surface area contributed by atoms with Crippen LogP contribution in [0.5, 0.6) is 17.2 Å². The first kappa shape index (κ1) is 14.2. The molecule has 1 aromatic carbocycles. The Balaban J connectivity index is 3.69. The minimum atomic E-state index is -2.85. The Labute approximate surface area is 103 Å². The van der Waals surface area contributed by atoms with E-state index in [2.05, 4.69) is 0 Å². The fraction of sp³-hybridized carbons (Fsp3) is 0.417. The molecule has 0 aliphatic carbocycles. The molecule has 0 saturated carbocycles. The Morgan fingerprint density at radius 1 is 1.11 bits per heavy atom. The Hall–Kier alpha value is -1.85. The van der Waals surface area contributed by atoms with E-state index in [9.17, 15) is 13.6 Å². The van der Waals surface area contributed by atoms with Crippen LogP contribution in [0.1, 0.15) is 29.3 Å². The van der Waals surface area contributed by atoms with Gasteiger partial charge in [0.15, 0.2) is 17.3 Å². The number of carbonyl (C=O) groups is 1. The minimum Gasteiger partial charge on any atom is -0.493 e. The Morgan fingerprint density at radius 2 is 1.67 bits per heavy atom. The second-order valence-corrected chi connectivity index (χ2v) is 3.46. The van der Waals surface area contributed by atoms with Gasteiger partial charge in [-0.1, -0.05) is 0 Å². The monoisotopic (exact) mass is 260 g/mol. The number of hydrogen-bond donors (Lipinski definition) is 0. The number of carbonyl (C=O) groups excluding carboxylic acids is 1. The van der Waals surface area contributed by atoms with Gasteiger partial charge < -0.3 is 14.2 Å². The lowest BCUT2D eigenvalue weighted by Gasteiger charge is -2.18. The highest BCUT2D eigenvalue weighted by molar-refractivity contribution is 5.97. The first-order chi connectivity index (χ1) is 8.47. The molecule has 18 heavy (non-hydrogen) atoms. The molecule has 0 heterocycles. The molecule has 1 rings (SSSR count). The molecule has 0 radical (unpaired) electrons. The van der Waals surface area contributed by atoms with Gasteiger partial charge in [0.25, 0.3) is 6.43 Å². The second-order valence-electron chi connectivity index (χ2n) is 3.46. The van der Waals surface area contributed by atoms with Gasteiger partial charge in [0.1, 0.15) is 0 Å². The van der Waals surface area contributed by atoms with Crippen molar-refractivity contribution in [2.45, 2.75) is 13.3 Å². The molecule has 0 N–H and O–H groups in total. The topological polar surface area (TPSA) is 44.8 Å². The van der Waals surface area contributed by atoms with E-state index in [4.69, 9.17) is 14.2 Å². The molecule has 0 fully saturated rings. The van der Waals surface area contributed by atoms with Crippen LogP contribution in [0.2, 0.25) is 0 Å². The highest BCUT2D eigenvalue weighted by atomic mass is 19.3. The van der Waals surface area contributed by atoms with Crippen LogP contribution in [-0.4, -0.2) is 27.1 Å². The summed E-state index contributed by atoms with van der Waals surface area (Å²) in [6.07, 6.45) is -2.85. The lowest BCUT2D eigenvalue weighted by atomic mass is 10.0. The van der Waals surface area contributed by atoms with Crippen molar-refractivity contribution in [3.63, 3.8) is 0 Å². The van der Waals surface area contributed by atoms with Crippen LogP contribution in [0.4, 0.5) is 8.78 Å². The number of ether oxygens (including phenoxy) is 3. The van der Waals surface area contributed by atoms with E-state index >= 15 is 0 Å². The first-order valence-corrected chi connectivity index (χ1v) is 5.09. The standard InChI is InChI=1S/C12H14F2O4/c1-6(15)7-5-8(16-2)10(17-3)11(18-4)9(7)12(13)14/h5,12H,1-4H3. The van der Waals surface area contributed by atoms with Crippen molar-refractivity contribution in [2.24, 2.45) is 0 Å². The van der Waals surface area contributed by atoms with Crippen LogP contribution in [0.3, 0.4) is 0 Å². The Morgan fingerprint density at radius 3 is 2.00 bits per heavy atom. The molecular formula is C12H14F2O4. The summed E-state index contributed by atoms with van der Waals surface area (Å²) >= 11 is 0. The fourth-order valence-electron chi connectivity index (χ4n) is 1.69. The molecule has 0 atom stereocenters. The Bertz CT molecular complexity index is 458. The molecule has 1 aromatic rings. The summed E-state index contributed by atoms with van der Waals surface area (Å²) in [6, 6.07) is 1.23. The predicted molar refractivity (Wildman–Crippen MR) is 61.1 cm³/mol. The van der Waals surface area contributed by atoms with Gasteiger partial charge >= 0.3 is 0 Å². The largest absolute Gasteiger partial charge is 0.493 e. The van der Waals surface area contributed by atoms with Gasteiger partial charge in [0.2, 0.25) is 5.75 Å². The number of benzene rings is 1. The third-order valence-electron chi connectivity index (χ3n) is 2.47. The zero-order valence-corrected chi connectivity index (χ0v) is 10.5. The summed E-state index contributed by atoms with van der Waals surface area (Å²) in [5, 5.41) is 0. The molecule has 0 aromatic heterocycles. The molecule has 0 aliphatic rings. The van der Waals surface area contributed by atoms with E-state index in [1.807, 2.05) is 0 Å². The number of Topliss-reactive ketones (excluding diaryl/α,β-unsaturated/α-hetero) is 1. The fourth-order valence-corrected chi connectivity index (χ4v) is 1.69. The van der Waals surface area contributed by atoms with E-state index in [1.54, 1.807) is 0 Å². The van der Waals surface area contributed by atoms with Crippen LogP contribution in [0.25, 0.3) is 0 Å². The smallest absolute Gasteiger partial charge is 0.268 e. The molecule has 0 spiro atoms. The summed E-state index contributed by atoms with van der Waals surface area (Å²) in [5.41, 5.74) is -0.623. The van der Waals surface area contributed by atoms with E-state index in [0.717, 1.165) is 0 Å². The normalized spacial score (nSPS) is 10.4. The molecule has 100 valence electrons. The van der Waals surface area contributed by atoms with Gasteiger partial charge in [-0.15, -0.1) is 0 Å². The zero-order chi connectivity index (χ0) is 13.9. The molecular weight excluding hydrogens is 246 g/mol. The van der Waals surface area contributed by atoms with Crippen molar-refractivity contribution in [1.82, 2.24) is 0 Å². The summed E-state index contributed by atoms with van der Waals surface area (Å²) in [6.45, 7) is 1.20. The highest BCUT2D eigenvalue weighted by Crippen LogP contribution is 2.45. The number of halogens is 2. The van der Waals surface area contributed by atoms with E-state index in [0.29, 0.717) is 0 Å². The third-order valence-corrected chi connectivity index (χ3v) is 2.47. The summed E-state index contributed by atoms with van der Waals surface area (Å²) in [4.78, 5) is 11.4. The number of hydrogen-bond acceptors (Lipinski definition) is 4. The summed E-state index contributed by atoms with van der Waals surface area (Å²) in [7, 11) is 3.89. The average molecular weight is 260 g/mol. The molecule has 0 amide bonds. The average Bonchev–Trinajstić information content (AvgIpc) is 2.35. The van der Waals surface area contributed by atoms with Crippen molar-refractivity contribution in [1.29, 1.82) is 0 Å². The molecule has 0 saturated heterocycles. The van der Waals surface area contributed by atoms with Crippen LogP contribution >= 0.6 is 0 Å². The minimum absolute atomic E-state index is 0.0419. The number of methoxy groups -OCH3 is 3. The quantitative estimate of drug-likeness (QED) is 0.764. The van der Waals surface area contributed by atoms with Gasteiger partial charge in [-0.05, 0) is 13.0 Å². The van der Waals surface area contributed by atoms with Crippen molar-refractivity contribution in [3.05, 3.63) is 17.2 Å². The third kappa shape index (κ3) is 2.37. The lowest BCUT2D eigenvalue weighted by molar-refractivity contribution is 0.0995. The maximum Gasteiger partial charge on any atom is 0.268 e. The highest BCUT2D eigenvalue weighted by Gasteiger charge is 2.27. The second kappa shape index (κ2) is 5.66. The molecule has 4 nitrogen and oxygen atoms in total. The maximum atomic E-state index is 13.1. The number of rotatable bonds is 5. The molecule has 0 unspecified atom stereocenters. The van der Waals surface area contributed by atoms with Gasteiger partial charge in [-0.3, -0.25) is 4.79 Å². The van der Waals surface area contributed by atoms with Gasteiger partial charge in [-0.2, -0.15) is 0 Å². The van der Waals surface area contributed by atoms with Crippen LogP contribution in [-0.2, 0) is 0 Å². The van der Waals surface area contributed by atoms with Crippen LogP contribution in [0, 0.1) is 0 Å². The van der Waals surface area contributed by atoms with Crippen molar-refractivity contribution in [2.75, 3.05) is 21.3 Å². The number of ketones is 1. The van der Waals surface area contributed by atoms with Gasteiger partial charge in [0, 0.05) is 5.56 Å². The van der Waals surface area contributed by atoms with Crippen LogP contribution in [0.15, 0.2) is 6.07 Å². The predicted octanol–water partition coefficient (Wildman–Crippen LogP) is 2.85. The molecule has 0 bridgehead atoms. The SMILES string of the molecule is COc1cc(C(C)=O)c(C(F)F)c(OC)c1OC. The zero-order valence-electron chi connectivity index (χ0n) is 10.5. The van der Waals surface area contributed by atoms with Gasteiger partial charge in [-0.25, -0.2) is 8.78 Å².